The molecule has 0 aliphatic carbocycles. The molecular weight excluding hydrogens is 410 g/mol. The van der Waals surface area contributed by atoms with Gasteiger partial charge in [0.15, 0.2) is 0 Å². The first-order chi connectivity index (χ1) is 15.9. The normalized spacial score (nSPS) is 13.5. The second kappa shape index (κ2) is 11.0. The fourth-order valence-corrected chi connectivity index (χ4v) is 3.72. The van der Waals surface area contributed by atoms with E-state index in [1.807, 2.05) is 62.3 Å². The average Bonchev–Trinajstić information content (AvgIpc) is 3.25. The highest BCUT2D eigenvalue weighted by atomic mass is 16.3. The quantitative estimate of drug-likeness (QED) is 0.348. The Balaban J connectivity index is 2.00. The number of aromatic amines is 1. The van der Waals surface area contributed by atoms with Gasteiger partial charge < -0.3 is 20.7 Å². The van der Waals surface area contributed by atoms with E-state index in [0.29, 0.717) is 17.3 Å². The minimum atomic E-state index is -0.117. The molecule has 3 aromatic rings. The second-order valence-corrected chi connectivity index (χ2v) is 8.35. The van der Waals surface area contributed by atoms with Gasteiger partial charge in [0.05, 0.1) is 12.3 Å². The number of nitrogens with one attached hydrogen (secondary N) is 1. The second-order valence-electron chi connectivity index (χ2n) is 8.35. The molecule has 1 atom stereocenters. The summed E-state index contributed by atoms with van der Waals surface area (Å²) in [6.07, 6.45) is 12.6. The molecule has 6 nitrogen and oxygen atoms in total. The average molecular weight is 446 g/mol. The van der Waals surface area contributed by atoms with Crippen molar-refractivity contribution in [3.8, 4) is 11.3 Å². The Hall–Kier alpha value is -3.38. The lowest BCUT2D eigenvalue weighted by Crippen LogP contribution is -2.11. The fourth-order valence-electron chi connectivity index (χ4n) is 3.72. The first-order valence-corrected chi connectivity index (χ1v) is 11.5. The van der Waals surface area contributed by atoms with Gasteiger partial charge in [-0.25, -0.2) is 4.98 Å². The van der Waals surface area contributed by atoms with Crippen LogP contribution in [0.25, 0.3) is 27.9 Å². The molecule has 0 fully saturated rings. The first kappa shape index (κ1) is 24.3. The van der Waals surface area contributed by atoms with E-state index in [4.69, 9.17) is 5.73 Å². The molecule has 33 heavy (non-hydrogen) atoms. The lowest BCUT2D eigenvalue weighted by Gasteiger charge is -2.20. The van der Waals surface area contributed by atoms with Gasteiger partial charge in [-0.2, -0.15) is 4.98 Å². The van der Waals surface area contributed by atoms with E-state index in [0.717, 1.165) is 46.3 Å². The van der Waals surface area contributed by atoms with E-state index in [9.17, 15) is 5.11 Å². The van der Waals surface area contributed by atoms with Crippen LogP contribution in [-0.4, -0.2) is 27.1 Å². The largest absolute Gasteiger partial charge is 0.392 e. The number of aromatic nitrogens is 3. The Morgan fingerprint density at radius 3 is 2.76 bits per heavy atom. The summed E-state index contributed by atoms with van der Waals surface area (Å²) in [5.74, 6) is 0.788. The molecule has 6 heteroatoms. The molecule has 174 valence electrons. The zero-order valence-electron chi connectivity index (χ0n) is 20.3. The minimum absolute atomic E-state index is 0.117. The van der Waals surface area contributed by atoms with Crippen LogP contribution in [0.4, 0.5) is 11.6 Å². The molecule has 1 aromatic carbocycles. The predicted octanol–water partition coefficient (Wildman–Crippen LogP) is 6.06. The van der Waals surface area contributed by atoms with Crippen molar-refractivity contribution in [3.63, 3.8) is 0 Å². The van der Waals surface area contributed by atoms with Gasteiger partial charge in [0.2, 0.25) is 5.95 Å². The molecule has 0 saturated heterocycles. The molecule has 0 aliphatic heterocycles. The van der Waals surface area contributed by atoms with Gasteiger partial charge in [0.25, 0.3) is 0 Å². The molecule has 4 N–H and O–H groups in total. The van der Waals surface area contributed by atoms with Crippen LogP contribution in [-0.2, 0) is 6.61 Å². The molecule has 1 unspecified atom stereocenters. The molecule has 2 heterocycles. The molecule has 0 bridgehead atoms. The topological polar surface area (TPSA) is 91.1 Å². The predicted molar refractivity (Wildman–Crippen MR) is 140 cm³/mol. The third-order valence-corrected chi connectivity index (χ3v) is 6.02. The van der Waals surface area contributed by atoms with Crippen LogP contribution < -0.4 is 10.6 Å². The van der Waals surface area contributed by atoms with Crippen molar-refractivity contribution in [1.29, 1.82) is 0 Å². The van der Waals surface area contributed by atoms with E-state index < -0.39 is 0 Å². The van der Waals surface area contributed by atoms with Crippen molar-refractivity contribution in [2.75, 3.05) is 17.7 Å². The number of nitrogen functional groups attached to an aromatic ring is 1. The van der Waals surface area contributed by atoms with Crippen LogP contribution in [0.5, 0.6) is 0 Å². The van der Waals surface area contributed by atoms with Crippen LogP contribution in [0, 0.1) is 5.92 Å². The van der Waals surface area contributed by atoms with Crippen molar-refractivity contribution in [1.82, 2.24) is 15.0 Å². The van der Waals surface area contributed by atoms with Gasteiger partial charge in [0, 0.05) is 41.1 Å². The summed E-state index contributed by atoms with van der Waals surface area (Å²) in [6, 6.07) is 7.99. The van der Waals surface area contributed by atoms with Gasteiger partial charge in [-0.1, -0.05) is 56.7 Å². The van der Waals surface area contributed by atoms with E-state index in [1.54, 1.807) is 0 Å². The Morgan fingerprint density at radius 2 is 2.06 bits per heavy atom. The van der Waals surface area contributed by atoms with Gasteiger partial charge in [-0.05, 0) is 43.9 Å². The van der Waals surface area contributed by atoms with Crippen molar-refractivity contribution in [2.24, 2.45) is 5.92 Å². The zero-order valence-corrected chi connectivity index (χ0v) is 20.3. The number of nitrogens with zero attached hydrogens (tertiary/aromatic N) is 3. The third-order valence-electron chi connectivity index (χ3n) is 6.02. The van der Waals surface area contributed by atoms with Gasteiger partial charge in [0.1, 0.15) is 5.65 Å². The van der Waals surface area contributed by atoms with Crippen LogP contribution in [0.3, 0.4) is 0 Å². The van der Waals surface area contributed by atoms with E-state index in [1.165, 1.54) is 0 Å². The number of hydrogen-bond donors (Lipinski definition) is 3. The number of aliphatic hydroxyl groups is 1. The van der Waals surface area contributed by atoms with Gasteiger partial charge in [-0.15, -0.1) is 0 Å². The molecule has 0 aliphatic rings. The fraction of sp³-hybridized carbons (Fsp3) is 0.333. The zero-order chi connectivity index (χ0) is 24.0. The summed E-state index contributed by atoms with van der Waals surface area (Å²) < 4.78 is 0. The number of anilines is 2. The highest BCUT2D eigenvalue weighted by molar-refractivity contribution is 5.95. The summed E-state index contributed by atoms with van der Waals surface area (Å²) in [5, 5.41) is 11.2. The maximum atomic E-state index is 10.3. The highest BCUT2D eigenvalue weighted by Crippen LogP contribution is 2.35. The summed E-state index contributed by atoms with van der Waals surface area (Å²) in [6.45, 7) is 8.33. The summed E-state index contributed by atoms with van der Waals surface area (Å²) >= 11 is 0. The highest BCUT2D eigenvalue weighted by Gasteiger charge is 2.18. The Kier molecular flexibility index (Phi) is 8.06. The number of hydrogen-bond acceptors (Lipinski definition) is 5. The first-order valence-electron chi connectivity index (χ1n) is 11.5. The SMILES string of the molecule is C/C=C(\C)c1cc2c(-c3cccc(N(C)/C=C\C/C=C/C(C)CC)c3CO)nc(N)nc2[nH]1. The van der Waals surface area contributed by atoms with Crippen LogP contribution >= 0.6 is 0 Å². The Morgan fingerprint density at radius 1 is 1.27 bits per heavy atom. The van der Waals surface area contributed by atoms with Gasteiger partial charge >= 0.3 is 0 Å². The molecule has 0 saturated carbocycles. The van der Waals surface area contributed by atoms with Crippen LogP contribution in [0.2, 0.25) is 0 Å². The van der Waals surface area contributed by atoms with E-state index in [2.05, 4.69) is 47.0 Å². The molecule has 3 rings (SSSR count). The number of benzene rings is 1. The Bertz CT molecular complexity index is 1190. The van der Waals surface area contributed by atoms with Gasteiger partial charge in [-0.3, -0.25) is 0 Å². The maximum absolute atomic E-state index is 10.3. The number of allylic oxidation sites excluding steroid dienone is 5. The standard InChI is InChI=1S/C27H35N5O/c1-6-18(3)12-9-8-10-15-32(5)24-14-11-13-20(22(24)17-33)25-21-16-23(19(4)7-2)29-26(21)31-27(28)30-25/h7,9-16,18,33H,6,8,17H2,1-5H3,(H3,28,29,30,31)/b12-9+,15-10-,19-7+. The number of fused-ring (bicyclic) bond motifs is 1. The number of rotatable bonds is 9. The lowest BCUT2D eigenvalue weighted by molar-refractivity contribution is 0.282. The number of H-pyrrole nitrogens is 1. The molecule has 0 radical (unpaired) electrons. The molecule has 2 aromatic heterocycles. The number of nitrogens with two attached hydrogens (primary N) is 1. The number of aliphatic hydroxyl groups excluding tert-OH is 1. The smallest absolute Gasteiger partial charge is 0.222 e. The third kappa shape index (κ3) is 5.52. The van der Waals surface area contributed by atoms with Crippen molar-refractivity contribution < 1.29 is 5.11 Å². The summed E-state index contributed by atoms with van der Waals surface area (Å²) in [5.41, 5.74) is 12.1. The Labute approximate surface area is 196 Å². The maximum Gasteiger partial charge on any atom is 0.222 e. The molecule has 0 amide bonds. The van der Waals surface area contributed by atoms with Crippen molar-refractivity contribution in [3.05, 3.63) is 66.0 Å². The van der Waals surface area contributed by atoms with Crippen LogP contribution in [0.15, 0.2) is 54.8 Å². The van der Waals surface area contributed by atoms with Crippen molar-refractivity contribution in [2.45, 2.75) is 47.1 Å². The van der Waals surface area contributed by atoms with Crippen molar-refractivity contribution >= 4 is 28.2 Å². The monoisotopic (exact) mass is 445 g/mol. The minimum Gasteiger partial charge on any atom is -0.392 e. The van der Waals surface area contributed by atoms with E-state index >= 15 is 0 Å². The summed E-state index contributed by atoms with van der Waals surface area (Å²) in [7, 11) is 1.99. The molecular formula is C27H35N5O. The van der Waals surface area contributed by atoms with Crippen LogP contribution in [0.1, 0.15) is 51.8 Å². The molecule has 0 spiro atoms. The summed E-state index contributed by atoms with van der Waals surface area (Å²) in [4.78, 5) is 14.3. The van der Waals surface area contributed by atoms with E-state index in [-0.39, 0.29) is 12.6 Å². The lowest BCUT2D eigenvalue weighted by atomic mass is 10.00.